The zero-order valence-electron chi connectivity index (χ0n) is 18.1. The second-order valence-corrected chi connectivity index (χ2v) is 10.3. The zero-order valence-corrected chi connectivity index (χ0v) is 20.5. The first-order valence-electron chi connectivity index (χ1n) is 10.9. The van der Waals surface area contributed by atoms with Crippen LogP contribution in [0.2, 0.25) is 0 Å². The minimum Gasteiger partial charge on any atom is -0.318 e. The maximum Gasteiger partial charge on any atom is 0.283 e. The van der Waals surface area contributed by atoms with E-state index in [0.29, 0.717) is 11.1 Å². The third-order valence-corrected chi connectivity index (χ3v) is 7.88. The molecular weight excluding hydrogens is 486 g/mol. The van der Waals surface area contributed by atoms with Gasteiger partial charge in [0.25, 0.3) is 5.91 Å². The number of aromatic nitrogens is 1. The van der Waals surface area contributed by atoms with Crippen molar-refractivity contribution in [3.8, 4) is 5.69 Å². The first kappa shape index (κ1) is 21.4. The number of amidine groups is 2. The van der Waals surface area contributed by atoms with E-state index in [-0.39, 0.29) is 17.3 Å². The zero-order chi connectivity index (χ0) is 22.4. The Morgan fingerprint density at radius 2 is 1.88 bits per heavy atom. The number of carbonyl (C=O) groups excluding carboxylic acids is 1. The Hall–Kier alpha value is -2.45. The molecule has 3 aliphatic rings. The molecule has 0 unspecified atom stereocenters. The Balaban J connectivity index is 1.47. The highest BCUT2D eigenvalue weighted by Crippen LogP contribution is 2.36. The number of carbonyl (C=O) groups is 1. The number of hydrazone groups is 1. The number of amides is 1. The molecule has 2 aromatic rings. The fourth-order valence-electron chi connectivity index (χ4n) is 4.60. The highest BCUT2D eigenvalue weighted by molar-refractivity contribution is 9.10. The lowest BCUT2D eigenvalue weighted by molar-refractivity contribution is -0.114. The van der Waals surface area contributed by atoms with Gasteiger partial charge in [-0.2, -0.15) is 15.1 Å². The number of nitrogens with one attached hydrogen (secondary N) is 1. The van der Waals surface area contributed by atoms with Gasteiger partial charge in [0.15, 0.2) is 5.84 Å². The quantitative estimate of drug-likeness (QED) is 0.511. The van der Waals surface area contributed by atoms with Gasteiger partial charge in [-0.15, -0.1) is 0 Å². The number of halogens is 1. The molecule has 0 saturated heterocycles. The molecule has 1 N–H and O–H groups in total. The Kier molecular flexibility index (Phi) is 5.67. The number of benzene rings is 1. The van der Waals surface area contributed by atoms with Crippen molar-refractivity contribution < 1.29 is 4.79 Å². The molecule has 3 heterocycles. The minimum absolute atomic E-state index is 0.103. The summed E-state index contributed by atoms with van der Waals surface area (Å²) >= 11 is 4.94. The van der Waals surface area contributed by atoms with E-state index in [1.807, 2.05) is 44.2 Å². The van der Waals surface area contributed by atoms with Crippen molar-refractivity contribution in [2.75, 3.05) is 0 Å². The Morgan fingerprint density at radius 3 is 2.59 bits per heavy atom. The number of fused-ring (bicyclic) bond motifs is 1. The number of thioether (sulfide) groups is 1. The number of nitrogens with zero attached hydrogens (tertiary/aromatic N) is 4. The van der Waals surface area contributed by atoms with Crippen LogP contribution < -0.4 is 0 Å². The first-order valence-corrected chi connectivity index (χ1v) is 12.5. The van der Waals surface area contributed by atoms with Crippen molar-refractivity contribution >= 4 is 55.7 Å². The lowest BCUT2D eigenvalue weighted by Crippen LogP contribution is -2.35. The molecule has 0 bridgehead atoms. The molecule has 1 aromatic heterocycles. The van der Waals surface area contributed by atoms with Crippen LogP contribution in [-0.4, -0.2) is 31.5 Å². The van der Waals surface area contributed by atoms with Crippen molar-refractivity contribution in [3.63, 3.8) is 0 Å². The molecule has 1 saturated carbocycles. The average molecular weight is 510 g/mol. The molecule has 2 aliphatic heterocycles. The van der Waals surface area contributed by atoms with Crippen LogP contribution in [0.3, 0.4) is 0 Å². The van der Waals surface area contributed by atoms with Crippen LogP contribution in [0.4, 0.5) is 0 Å². The molecule has 1 amide bonds. The minimum atomic E-state index is -0.373. The summed E-state index contributed by atoms with van der Waals surface area (Å²) < 4.78 is 3.17. The molecule has 32 heavy (non-hydrogen) atoms. The third kappa shape index (κ3) is 3.79. The molecule has 8 heteroatoms. The molecule has 0 radical (unpaired) electrons. The van der Waals surface area contributed by atoms with E-state index in [1.165, 1.54) is 36.0 Å². The number of hydrogen-bond acceptors (Lipinski definition) is 4. The van der Waals surface area contributed by atoms with Gasteiger partial charge in [-0.3, -0.25) is 10.2 Å². The fraction of sp³-hybridized carbons (Fsp3) is 0.333. The summed E-state index contributed by atoms with van der Waals surface area (Å²) in [6, 6.07) is 10.2. The summed E-state index contributed by atoms with van der Waals surface area (Å²) in [5, 5.41) is 16.4. The molecule has 6 nitrogen and oxygen atoms in total. The maximum absolute atomic E-state index is 12.8. The van der Waals surface area contributed by atoms with Crippen LogP contribution in [0.1, 0.15) is 49.1 Å². The monoisotopic (exact) mass is 509 g/mol. The second-order valence-electron chi connectivity index (χ2n) is 8.43. The lowest BCUT2D eigenvalue weighted by atomic mass is 9.90. The third-order valence-electron chi connectivity index (χ3n) is 6.28. The molecule has 0 atom stereocenters. The Morgan fingerprint density at radius 1 is 1.16 bits per heavy atom. The van der Waals surface area contributed by atoms with Crippen LogP contribution in [0, 0.1) is 25.2 Å². The van der Waals surface area contributed by atoms with Crippen LogP contribution in [-0.2, 0) is 4.79 Å². The SMILES string of the molecule is Cc1cc(/C=C2/C(=N)N3N=C(C4CCCCC4)SC3=NC2=O)c(C)n1-c1ccc(Br)cc1. The van der Waals surface area contributed by atoms with Gasteiger partial charge in [-0.1, -0.05) is 35.2 Å². The topological polar surface area (TPSA) is 73.8 Å². The number of aliphatic imine (C=N–C) groups is 1. The van der Waals surface area contributed by atoms with Crippen LogP contribution >= 0.6 is 27.7 Å². The summed E-state index contributed by atoms with van der Waals surface area (Å²) in [5.74, 6) is 0.149. The average Bonchev–Trinajstić information content (AvgIpc) is 3.33. The van der Waals surface area contributed by atoms with Gasteiger partial charge in [0.05, 0.1) is 5.57 Å². The number of aryl methyl sites for hydroxylation is 1. The van der Waals surface area contributed by atoms with Gasteiger partial charge < -0.3 is 4.57 Å². The van der Waals surface area contributed by atoms with Gasteiger partial charge in [0.2, 0.25) is 5.17 Å². The molecule has 1 aliphatic carbocycles. The summed E-state index contributed by atoms with van der Waals surface area (Å²) in [5.41, 5.74) is 4.30. The molecule has 1 aromatic carbocycles. The van der Waals surface area contributed by atoms with E-state index in [9.17, 15) is 4.79 Å². The summed E-state index contributed by atoms with van der Waals surface area (Å²) in [4.78, 5) is 17.1. The van der Waals surface area contributed by atoms with E-state index in [2.05, 4.69) is 25.5 Å². The van der Waals surface area contributed by atoms with E-state index >= 15 is 0 Å². The van der Waals surface area contributed by atoms with E-state index in [1.54, 1.807) is 6.08 Å². The van der Waals surface area contributed by atoms with Crippen LogP contribution in [0.25, 0.3) is 11.8 Å². The highest BCUT2D eigenvalue weighted by atomic mass is 79.9. The summed E-state index contributed by atoms with van der Waals surface area (Å²) in [7, 11) is 0. The van der Waals surface area contributed by atoms with Gasteiger partial charge in [0, 0.05) is 27.5 Å². The maximum atomic E-state index is 12.8. The second kappa shape index (κ2) is 8.48. The lowest BCUT2D eigenvalue weighted by Gasteiger charge is -2.20. The number of rotatable bonds is 3. The van der Waals surface area contributed by atoms with Gasteiger partial charge in [0.1, 0.15) is 5.04 Å². The molecule has 0 spiro atoms. The van der Waals surface area contributed by atoms with Crippen molar-refractivity contribution in [1.82, 2.24) is 9.58 Å². The van der Waals surface area contributed by atoms with Gasteiger partial charge in [-0.05, 0) is 80.4 Å². The van der Waals surface area contributed by atoms with Gasteiger partial charge in [-0.25, -0.2) is 0 Å². The van der Waals surface area contributed by atoms with E-state index in [0.717, 1.165) is 45.0 Å². The summed E-state index contributed by atoms with van der Waals surface area (Å²) in [6.07, 6.45) is 7.73. The molecule has 1 fully saturated rings. The standard InChI is InChI=1S/C24H24BrN5OS/c1-14-12-17(15(2)29(14)19-10-8-18(25)9-11-19)13-20-21(26)30-24(27-22(20)31)32-23(28-30)16-6-4-3-5-7-16/h8-13,16,26H,3-7H2,1-2H3/b20-13-,26-21?. The summed E-state index contributed by atoms with van der Waals surface area (Å²) in [6.45, 7) is 4.07. The normalized spacial score (nSPS) is 20.6. The fourth-order valence-corrected chi connectivity index (χ4v) is 5.92. The highest BCUT2D eigenvalue weighted by Gasteiger charge is 2.38. The first-order chi connectivity index (χ1) is 15.4. The molecular formula is C24H24BrN5OS. The molecule has 5 rings (SSSR count). The van der Waals surface area contributed by atoms with Crippen molar-refractivity contribution in [2.24, 2.45) is 16.0 Å². The number of hydrogen-bond donors (Lipinski definition) is 1. The molecule has 164 valence electrons. The predicted octanol–water partition coefficient (Wildman–Crippen LogP) is 6.06. The van der Waals surface area contributed by atoms with Crippen molar-refractivity contribution in [3.05, 3.63) is 57.3 Å². The predicted molar refractivity (Wildman–Crippen MR) is 135 cm³/mol. The van der Waals surface area contributed by atoms with Crippen LogP contribution in [0.15, 0.2) is 50.5 Å². The van der Waals surface area contributed by atoms with E-state index in [4.69, 9.17) is 10.5 Å². The Bertz CT molecular complexity index is 1200. The van der Waals surface area contributed by atoms with Crippen molar-refractivity contribution in [1.29, 1.82) is 5.41 Å². The van der Waals surface area contributed by atoms with Gasteiger partial charge >= 0.3 is 0 Å². The van der Waals surface area contributed by atoms with Crippen molar-refractivity contribution in [2.45, 2.75) is 46.0 Å². The Labute approximate surface area is 200 Å². The van der Waals surface area contributed by atoms with E-state index < -0.39 is 0 Å². The largest absolute Gasteiger partial charge is 0.318 e. The van der Waals surface area contributed by atoms with Crippen LogP contribution in [0.5, 0.6) is 0 Å². The smallest absolute Gasteiger partial charge is 0.283 e.